The molecule has 304 valence electrons. The fourth-order valence-electron chi connectivity index (χ4n) is 6.85. The summed E-state index contributed by atoms with van der Waals surface area (Å²) in [5, 5.41) is 21.1. The van der Waals surface area contributed by atoms with Gasteiger partial charge in [0.25, 0.3) is 0 Å². The first-order chi connectivity index (χ1) is 29.9. The van der Waals surface area contributed by atoms with Crippen LogP contribution < -0.4 is 31.9 Å². The van der Waals surface area contributed by atoms with Gasteiger partial charge in [0.2, 0.25) is 35.0 Å². The lowest BCUT2D eigenvalue weighted by atomic mass is 9.77. The van der Waals surface area contributed by atoms with E-state index in [4.69, 9.17) is 38.2 Å². The maximum atomic E-state index is 6.99. The lowest BCUT2D eigenvalue weighted by Crippen LogP contribution is -2.47. The van der Waals surface area contributed by atoms with Crippen LogP contribution in [0.5, 0.6) is 0 Å². The minimum absolute atomic E-state index is 0.0772. The van der Waals surface area contributed by atoms with Crippen molar-refractivity contribution in [3.63, 3.8) is 0 Å². The van der Waals surface area contributed by atoms with Crippen LogP contribution in [0.2, 0.25) is 10.3 Å². The Labute approximate surface area is 364 Å². The molecule has 0 aliphatic rings. The number of anilines is 8. The van der Waals surface area contributed by atoms with Crippen LogP contribution in [0.1, 0.15) is 27.8 Å². The largest absolute Gasteiger partial charge is 0.354 e. The summed E-state index contributed by atoms with van der Waals surface area (Å²) in [4.78, 5) is 27.2. The van der Waals surface area contributed by atoms with Crippen LogP contribution in [0, 0.1) is 6.92 Å². The molecule has 0 aliphatic carbocycles. The van der Waals surface area contributed by atoms with Gasteiger partial charge in [-0.2, -0.15) is 29.9 Å². The second-order valence-corrected chi connectivity index (χ2v) is 14.8. The molecule has 12 nitrogen and oxygen atoms in total. The molecular formula is C47H42Cl2N12. The molecule has 0 saturated heterocycles. The zero-order chi connectivity index (χ0) is 41.9. The third-order valence-electron chi connectivity index (χ3n) is 9.78. The average molecular weight is 846 g/mol. The summed E-state index contributed by atoms with van der Waals surface area (Å²) in [6.45, 7) is 2.93. The van der Waals surface area contributed by atoms with Crippen molar-refractivity contribution in [1.29, 1.82) is 0 Å². The van der Waals surface area contributed by atoms with Crippen LogP contribution in [0.15, 0.2) is 164 Å². The number of aryl methyl sites for hydroxylation is 1. The highest BCUT2D eigenvalue weighted by molar-refractivity contribution is 6.31. The van der Waals surface area contributed by atoms with Gasteiger partial charge in [-0.1, -0.05) is 138 Å². The molecule has 0 spiro atoms. The first-order valence-electron chi connectivity index (χ1n) is 19.7. The smallest absolute Gasteiger partial charge is 0.233 e. The molecule has 2 aromatic heterocycles. The minimum atomic E-state index is -0.814. The van der Waals surface area contributed by atoms with E-state index in [-0.39, 0.29) is 12.0 Å². The molecule has 1 atom stereocenters. The summed E-state index contributed by atoms with van der Waals surface area (Å²) in [5.74, 6) is 1.85. The predicted molar refractivity (Wildman–Crippen MR) is 247 cm³/mol. The lowest BCUT2D eigenvalue weighted by Gasteiger charge is -2.37. The topological polar surface area (TPSA) is 150 Å². The molecule has 1 unspecified atom stereocenters. The van der Waals surface area contributed by atoms with Gasteiger partial charge in [-0.3, -0.25) is 5.32 Å². The van der Waals surface area contributed by atoms with Crippen molar-refractivity contribution in [2.75, 3.05) is 39.8 Å². The van der Waals surface area contributed by atoms with Crippen LogP contribution in [0.3, 0.4) is 0 Å². The third-order valence-corrected chi connectivity index (χ3v) is 10.3. The maximum absolute atomic E-state index is 6.99. The number of nitrogens with one attached hydrogen (secondary N) is 6. The quantitative estimate of drug-likeness (QED) is 0.0383. The van der Waals surface area contributed by atoms with Crippen LogP contribution in [-0.2, 0) is 12.0 Å². The highest BCUT2D eigenvalue weighted by Gasteiger charge is 2.37. The molecule has 0 fully saturated rings. The highest BCUT2D eigenvalue weighted by Crippen LogP contribution is 2.40. The minimum Gasteiger partial charge on any atom is -0.354 e. The normalized spacial score (nSPS) is 11.9. The maximum Gasteiger partial charge on any atom is 0.233 e. The Hall–Kier alpha value is -7.12. The molecule has 0 aliphatic heterocycles. The summed E-state index contributed by atoms with van der Waals surface area (Å²) in [6.07, 6.45) is 0.703. The fraction of sp³-hybridized carbons (Fsp3) is 0.106. The van der Waals surface area contributed by atoms with Crippen LogP contribution in [0.4, 0.5) is 46.8 Å². The number of nitrogens with zero attached hydrogens (tertiary/aromatic N) is 6. The molecule has 0 bridgehead atoms. The second kappa shape index (κ2) is 19.3. The standard InChI is InChI=1S/C47H42Cl2N12/c1-32-21-25-35(26-22-32)47(34-13-5-2-6-14-34,39-19-11-12-20-40(39)48)52-31-51-43-58-42(59-46(60-43)54-37-17-9-4-10-18-37)50-30-29-33-23-27-38(28-24-33)55-45-57-41(49)56-44(61-45)53-36-15-7-3-8-16-36/h2-28,52H,29-31H2,1H3,(H2,53,55,56,57,61)(H3,50,51,54,58,59,60). The molecule has 8 rings (SSSR count). The fourth-order valence-corrected chi connectivity index (χ4v) is 7.28. The van der Waals surface area contributed by atoms with Crippen molar-refractivity contribution in [2.45, 2.75) is 18.9 Å². The zero-order valence-electron chi connectivity index (χ0n) is 33.1. The van der Waals surface area contributed by atoms with Gasteiger partial charge in [-0.25, -0.2) is 0 Å². The van der Waals surface area contributed by atoms with Gasteiger partial charge in [-0.15, -0.1) is 0 Å². The van der Waals surface area contributed by atoms with E-state index in [9.17, 15) is 0 Å². The van der Waals surface area contributed by atoms with Gasteiger partial charge in [0.1, 0.15) is 0 Å². The Balaban J connectivity index is 0.977. The molecule has 0 radical (unpaired) electrons. The Morgan fingerprint density at radius 3 is 1.54 bits per heavy atom. The average Bonchev–Trinajstić information content (AvgIpc) is 3.27. The van der Waals surface area contributed by atoms with E-state index in [0.717, 1.165) is 44.9 Å². The molecule has 2 heterocycles. The van der Waals surface area contributed by atoms with Crippen LogP contribution in [-0.4, -0.2) is 43.1 Å². The number of hydrogen-bond acceptors (Lipinski definition) is 12. The number of rotatable bonds is 17. The molecule has 0 amide bonds. The van der Waals surface area contributed by atoms with Gasteiger partial charge in [0.05, 0.1) is 12.2 Å². The Kier molecular flexibility index (Phi) is 12.9. The van der Waals surface area contributed by atoms with Gasteiger partial charge < -0.3 is 26.6 Å². The van der Waals surface area contributed by atoms with Gasteiger partial charge in [-0.05, 0) is 89.7 Å². The second-order valence-electron chi connectivity index (χ2n) is 14.0. The number of para-hydroxylation sites is 2. The van der Waals surface area contributed by atoms with Gasteiger partial charge in [0.15, 0.2) is 0 Å². The molecular weight excluding hydrogens is 804 g/mol. The molecule has 61 heavy (non-hydrogen) atoms. The number of aromatic nitrogens is 6. The van der Waals surface area contributed by atoms with E-state index in [1.54, 1.807) is 0 Å². The number of hydrogen-bond donors (Lipinski definition) is 6. The molecule has 14 heteroatoms. The van der Waals surface area contributed by atoms with Crippen molar-refractivity contribution in [3.8, 4) is 0 Å². The van der Waals surface area contributed by atoms with E-state index in [2.05, 4.69) is 96.2 Å². The Morgan fingerprint density at radius 1 is 0.459 bits per heavy atom. The van der Waals surface area contributed by atoms with Crippen LogP contribution >= 0.6 is 23.2 Å². The van der Waals surface area contributed by atoms with Crippen molar-refractivity contribution in [2.24, 2.45) is 0 Å². The van der Waals surface area contributed by atoms with E-state index >= 15 is 0 Å². The van der Waals surface area contributed by atoms with Gasteiger partial charge in [0, 0.05) is 28.6 Å². The van der Waals surface area contributed by atoms with E-state index in [1.807, 2.05) is 121 Å². The summed E-state index contributed by atoms with van der Waals surface area (Å²) >= 11 is 13.2. The van der Waals surface area contributed by atoms with Crippen molar-refractivity contribution in [3.05, 3.63) is 202 Å². The predicted octanol–water partition coefficient (Wildman–Crippen LogP) is 10.5. The van der Waals surface area contributed by atoms with Crippen molar-refractivity contribution < 1.29 is 0 Å². The van der Waals surface area contributed by atoms with Crippen molar-refractivity contribution in [1.82, 2.24) is 35.2 Å². The van der Waals surface area contributed by atoms with Crippen molar-refractivity contribution >= 4 is 70.0 Å². The SMILES string of the molecule is Cc1ccc(C(NCNc2nc(NCCc3ccc(Nc4nc(Cl)nc(Nc5ccccc5)n4)cc3)nc(Nc3ccccc3)n2)(c2ccccc2)c2ccccc2Cl)cc1. The Bertz CT molecular complexity index is 2660. The van der Waals surface area contributed by atoms with Gasteiger partial charge >= 0.3 is 0 Å². The summed E-state index contributed by atoms with van der Waals surface area (Å²) in [7, 11) is 0. The first-order valence-corrected chi connectivity index (χ1v) is 20.4. The molecule has 8 aromatic rings. The molecule has 6 N–H and O–H groups in total. The molecule has 6 aromatic carbocycles. The van der Waals surface area contributed by atoms with E-state index < -0.39 is 5.54 Å². The molecule has 0 saturated carbocycles. The first kappa shape index (κ1) is 40.7. The number of halogens is 2. The Morgan fingerprint density at radius 2 is 0.934 bits per heavy atom. The van der Waals surface area contributed by atoms with E-state index in [1.165, 1.54) is 0 Å². The summed E-state index contributed by atoms with van der Waals surface area (Å²) in [6, 6.07) is 54.2. The highest BCUT2D eigenvalue weighted by atomic mass is 35.5. The number of benzene rings is 6. The lowest BCUT2D eigenvalue weighted by molar-refractivity contribution is 0.491. The van der Waals surface area contributed by atoms with Crippen LogP contribution in [0.25, 0.3) is 0 Å². The van der Waals surface area contributed by atoms with E-state index in [0.29, 0.717) is 47.7 Å². The summed E-state index contributed by atoms with van der Waals surface area (Å²) < 4.78 is 0. The monoisotopic (exact) mass is 844 g/mol. The zero-order valence-corrected chi connectivity index (χ0v) is 34.7. The third kappa shape index (κ3) is 10.4. The summed E-state index contributed by atoms with van der Waals surface area (Å²) in [5.41, 5.74) is 6.92.